The quantitative estimate of drug-likeness (QED) is 0.277. The maximum atomic E-state index is 12.7. The predicted molar refractivity (Wildman–Crippen MR) is 129 cm³/mol. The number of rotatable bonds is 12. The van der Waals surface area contributed by atoms with E-state index in [0.29, 0.717) is 56.6 Å². The summed E-state index contributed by atoms with van der Waals surface area (Å²) < 4.78 is 11.5. The zero-order valence-electron chi connectivity index (χ0n) is 18.5. The van der Waals surface area contributed by atoms with Crippen LogP contribution >= 0.6 is 11.3 Å². The van der Waals surface area contributed by atoms with Crippen LogP contribution in [0.3, 0.4) is 0 Å². The first-order valence-corrected chi connectivity index (χ1v) is 12.1. The van der Waals surface area contributed by atoms with Gasteiger partial charge in [0.05, 0.1) is 18.0 Å². The van der Waals surface area contributed by atoms with Crippen molar-refractivity contribution in [2.45, 2.75) is 44.3 Å². The number of nitrogens with one attached hydrogen (secondary N) is 2. The number of benzene rings is 1. The van der Waals surface area contributed by atoms with Gasteiger partial charge in [-0.15, -0.1) is 0 Å². The molecule has 178 valence electrons. The number of para-hydroxylation sites is 2. The number of aliphatic hydroxyl groups excluding tert-OH is 1. The maximum absolute atomic E-state index is 12.7. The number of allylic oxidation sites excluding steroid dienone is 1. The number of ether oxygens (including phenoxy) is 2. The van der Waals surface area contributed by atoms with Gasteiger partial charge < -0.3 is 30.9 Å². The number of hydrogen-bond donors (Lipinski definition) is 4. The first-order valence-electron chi connectivity index (χ1n) is 11.1. The highest BCUT2D eigenvalue weighted by Gasteiger charge is 2.28. The number of nitrogen functional groups attached to an aromatic ring is 1. The standard InChI is InChI=1S/C24H31N3O5S/c25-19-6-1-2-7-20(19)27-22(29)8-3-4-10-26-24(30)21-14-18(17-9-13-33-16-17)15-23(32-21)31-12-5-11-28/h1-2,6-7,9,13-14,16,18,23,28H,3-5,8,10-12,15,25H2,(H,26,30)(H,27,29). The monoisotopic (exact) mass is 473 g/mol. The largest absolute Gasteiger partial charge is 0.459 e. The van der Waals surface area contributed by atoms with E-state index in [1.54, 1.807) is 23.5 Å². The van der Waals surface area contributed by atoms with Crippen molar-refractivity contribution in [2.75, 3.05) is 30.8 Å². The van der Waals surface area contributed by atoms with Crippen molar-refractivity contribution in [3.05, 3.63) is 58.5 Å². The van der Waals surface area contributed by atoms with Gasteiger partial charge in [-0.05, 0) is 59.9 Å². The summed E-state index contributed by atoms with van der Waals surface area (Å²) >= 11 is 1.60. The van der Waals surface area contributed by atoms with Crippen molar-refractivity contribution < 1.29 is 24.2 Å². The summed E-state index contributed by atoms with van der Waals surface area (Å²) in [5.74, 6) is -0.144. The van der Waals surface area contributed by atoms with Crippen LogP contribution in [0.15, 0.2) is 52.9 Å². The van der Waals surface area contributed by atoms with E-state index in [9.17, 15) is 9.59 Å². The van der Waals surface area contributed by atoms with E-state index >= 15 is 0 Å². The Morgan fingerprint density at radius 3 is 2.82 bits per heavy atom. The van der Waals surface area contributed by atoms with E-state index in [0.717, 1.165) is 5.56 Å². The maximum Gasteiger partial charge on any atom is 0.286 e. The molecule has 1 aromatic heterocycles. The summed E-state index contributed by atoms with van der Waals surface area (Å²) in [4.78, 5) is 24.8. The molecule has 3 rings (SSSR count). The van der Waals surface area contributed by atoms with Crippen LogP contribution in [-0.2, 0) is 19.1 Å². The fourth-order valence-corrected chi connectivity index (χ4v) is 4.16. The van der Waals surface area contributed by atoms with Crippen LogP contribution in [0.2, 0.25) is 0 Å². The van der Waals surface area contributed by atoms with E-state index in [1.807, 2.05) is 29.7 Å². The van der Waals surface area contributed by atoms with Crippen LogP contribution in [0.5, 0.6) is 0 Å². The smallest absolute Gasteiger partial charge is 0.286 e. The molecule has 0 saturated carbocycles. The first-order chi connectivity index (χ1) is 16.1. The topological polar surface area (TPSA) is 123 Å². The zero-order chi connectivity index (χ0) is 23.5. The van der Waals surface area contributed by atoms with Crippen molar-refractivity contribution in [3.8, 4) is 0 Å². The van der Waals surface area contributed by atoms with Crippen molar-refractivity contribution >= 4 is 34.5 Å². The van der Waals surface area contributed by atoms with Crippen molar-refractivity contribution in [2.24, 2.45) is 0 Å². The van der Waals surface area contributed by atoms with E-state index in [-0.39, 0.29) is 30.1 Å². The SMILES string of the molecule is Nc1ccccc1NC(=O)CCCCNC(=O)C1=CC(c2ccsc2)CC(OCCCO)O1. The second-order valence-electron chi connectivity index (χ2n) is 7.77. The fraction of sp³-hybridized carbons (Fsp3) is 0.417. The molecule has 0 radical (unpaired) electrons. The molecule has 9 heteroatoms. The Hall–Kier alpha value is -2.88. The van der Waals surface area contributed by atoms with Crippen molar-refractivity contribution in [1.29, 1.82) is 0 Å². The lowest BCUT2D eigenvalue weighted by atomic mass is 9.95. The molecule has 1 aliphatic rings. The molecule has 0 saturated heterocycles. The van der Waals surface area contributed by atoms with Gasteiger partial charge in [-0.1, -0.05) is 12.1 Å². The first kappa shape index (κ1) is 24.8. The number of hydrogen-bond acceptors (Lipinski definition) is 7. The van der Waals surface area contributed by atoms with Gasteiger partial charge in [-0.25, -0.2) is 0 Å². The normalized spacial score (nSPS) is 17.7. The molecule has 2 heterocycles. The number of amides is 2. The van der Waals surface area contributed by atoms with Gasteiger partial charge in [0.1, 0.15) is 0 Å². The predicted octanol–water partition coefficient (Wildman–Crippen LogP) is 3.37. The minimum atomic E-state index is -0.540. The number of carbonyl (C=O) groups excluding carboxylic acids is 2. The van der Waals surface area contributed by atoms with Crippen LogP contribution in [0, 0.1) is 0 Å². The highest BCUT2D eigenvalue weighted by molar-refractivity contribution is 7.08. The molecule has 0 fully saturated rings. The number of anilines is 2. The Bertz CT molecular complexity index is 932. The summed E-state index contributed by atoms with van der Waals surface area (Å²) in [6.07, 6.45) is 4.04. The highest BCUT2D eigenvalue weighted by atomic mass is 32.1. The van der Waals surface area contributed by atoms with Gasteiger partial charge in [-0.2, -0.15) is 11.3 Å². The molecule has 0 aliphatic carbocycles. The highest BCUT2D eigenvalue weighted by Crippen LogP contribution is 2.32. The van der Waals surface area contributed by atoms with Gasteiger partial charge in [0, 0.05) is 31.9 Å². The summed E-state index contributed by atoms with van der Waals surface area (Å²) in [5, 5.41) is 18.7. The third-order valence-electron chi connectivity index (χ3n) is 5.21. The molecule has 2 aromatic rings. The van der Waals surface area contributed by atoms with Crippen LogP contribution in [0.4, 0.5) is 11.4 Å². The second-order valence-corrected chi connectivity index (χ2v) is 8.55. The zero-order valence-corrected chi connectivity index (χ0v) is 19.3. The van der Waals surface area contributed by atoms with E-state index in [4.69, 9.17) is 20.3 Å². The molecule has 2 atom stereocenters. The van der Waals surface area contributed by atoms with Crippen LogP contribution in [0.25, 0.3) is 0 Å². The second kappa shape index (κ2) is 13.0. The molecule has 2 unspecified atom stereocenters. The van der Waals surface area contributed by atoms with Crippen LogP contribution < -0.4 is 16.4 Å². The summed E-state index contributed by atoms with van der Waals surface area (Å²) in [6, 6.07) is 9.15. The van der Waals surface area contributed by atoms with Crippen molar-refractivity contribution in [1.82, 2.24) is 5.32 Å². The Kier molecular flexibility index (Phi) is 9.74. The van der Waals surface area contributed by atoms with Crippen molar-refractivity contribution in [3.63, 3.8) is 0 Å². The molecule has 2 amide bonds. The van der Waals surface area contributed by atoms with Gasteiger partial charge in [0.25, 0.3) is 5.91 Å². The molecular formula is C24H31N3O5S. The van der Waals surface area contributed by atoms with Crippen LogP contribution in [0.1, 0.15) is 43.6 Å². The third kappa shape index (κ3) is 7.88. The number of thiophene rings is 1. The molecule has 33 heavy (non-hydrogen) atoms. The molecule has 8 nitrogen and oxygen atoms in total. The molecule has 0 bridgehead atoms. The number of aliphatic hydroxyl groups is 1. The lowest BCUT2D eigenvalue weighted by molar-refractivity contribution is -0.146. The number of unbranched alkanes of at least 4 members (excludes halogenated alkanes) is 1. The third-order valence-corrected chi connectivity index (χ3v) is 5.91. The minimum absolute atomic E-state index is 0.0268. The lowest BCUT2D eigenvalue weighted by Gasteiger charge is -2.29. The number of nitrogens with two attached hydrogens (primary N) is 1. The van der Waals surface area contributed by atoms with Gasteiger partial charge in [0.2, 0.25) is 12.2 Å². The van der Waals surface area contributed by atoms with E-state index in [1.165, 1.54) is 0 Å². The average Bonchev–Trinajstić information content (AvgIpc) is 3.35. The Balaban J connectivity index is 1.44. The molecular weight excluding hydrogens is 442 g/mol. The lowest BCUT2D eigenvalue weighted by Crippen LogP contribution is -2.33. The average molecular weight is 474 g/mol. The van der Waals surface area contributed by atoms with Gasteiger partial charge >= 0.3 is 0 Å². The Morgan fingerprint density at radius 2 is 2.06 bits per heavy atom. The van der Waals surface area contributed by atoms with E-state index in [2.05, 4.69) is 16.0 Å². The van der Waals surface area contributed by atoms with E-state index < -0.39 is 6.29 Å². The molecule has 5 N–H and O–H groups in total. The Labute approximate surface area is 197 Å². The van der Waals surface area contributed by atoms with Gasteiger partial charge in [-0.3, -0.25) is 9.59 Å². The number of carbonyl (C=O) groups is 2. The molecule has 1 aromatic carbocycles. The minimum Gasteiger partial charge on any atom is -0.459 e. The summed E-state index contributed by atoms with van der Waals surface area (Å²) in [7, 11) is 0. The summed E-state index contributed by atoms with van der Waals surface area (Å²) in [5.41, 5.74) is 8.09. The van der Waals surface area contributed by atoms with Crippen LogP contribution in [-0.4, -0.2) is 43.0 Å². The molecule has 1 aliphatic heterocycles. The van der Waals surface area contributed by atoms with Gasteiger partial charge in [0.15, 0.2) is 5.76 Å². The summed E-state index contributed by atoms with van der Waals surface area (Å²) in [6.45, 7) is 0.836. The Morgan fingerprint density at radius 1 is 1.21 bits per heavy atom. The molecule has 0 spiro atoms. The fourth-order valence-electron chi connectivity index (χ4n) is 3.44.